The number of hydrogen-bond acceptors (Lipinski definition) is 5. The number of allylic oxidation sites excluding steroid dienone is 1. The minimum Gasteiger partial charge on any atom is -0.469 e. The summed E-state index contributed by atoms with van der Waals surface area (Å²) < 4.78 is 16.7. The second-order valence-corrected chi connectivity index (χ2v) is 12.0. The fraction of sp³-hybridized carbons (Fsp3) is 0.667. The molecule has 2 atom stereocenters. The van der Waals surface area contributed by atoms with Gasteiger partial charge in [0, 0.05) is 12.5 Å². The quantitative estimate of drug-likeness (QED) is 0.293. The van der Waals surface area contributed by atoms with E-state index in [-0.39, 0.29) is 12.1 Å². The van der Waals surface area contributed by atoms with Crippen molar-refractivity contribution in [2.75, 3.05) is 7.11 Å². The van der Waals surface area contributed by atoms with Crippen LogP contribution >= 0.6 is 0 Å². The van der Waals surface area contributed by atoms with Crippen molar-refractivity contribution in [1.29, 1.82) is 0 Å². The molecule has 154 valence electrons. The molecule has 0 aliphatic carbocycles. The Hall–Kier alpha value is -1.37. The number of ether oxygens (including phenoxy) is 1. The largest absolute Gasteiger partial charge is 0.469 e. The summed E-state index contributed by atoms with van der Waals surface area (Å²) in [5, 5.41) is 11.2. The van der Waals surface area contributed by atoms with Crippen molar-refractivity contribution in [3.63, 3.8) is 0 Å². The van der Waals surface area contributed by atoms with Gasteiger partial charge in [0.25, 0.3) is 0 Å². The van der Waals surface area contributed by atoms with E-state index in [4.69, 9.17) is 8.84 Å². The maximum Gasteiger partial charge on any atom is 0.330 e. The maximum atomic E-state index is 11.3. The van der Waals surface area contributed by atoms with Gasteiger partial charge in [0.1, 0.15) is 5.76 Å². The van der Waals surface area contributed by atoms with E-state index >= 15 is 0 Å². The van der Waals surface area contributed by atoms with Crippen LogP contribution in [0.3, 0.4) is 0 Å². The molecule has 0 aliphatic heterocycles. The van der Waals surface area contributed by atoms with Crippen LogP contribution in [0.15, 0.2) is 35.0 Å². The molecule has 0 spiro atoms. The zero-order valence-electron chi connectivity index (χ0n) is 17.5. The molecule has 1 N–H and O–H groups in total. The smallest absolute Gasteiger partial charge is 0.330 e. The molecule has 1 aromatic rings. The number of methoxy groups -OCH3 is 1. The van der Waals surface area contributed by atoms with Crippen molar-refractivity contribution in [3.05, 3.63) is 36.3 Å². The van der Waals surface area contributed by atoms with Crippen molar-refractivity contribution >= 4 is 14.3 Å². The highest BCUT2D eigenvalue weighted by atomic mass is 28.4. The summed E-state index contributed by atoms with van der Waals surface area (Å²) in [6.45, 7) is 8.41. The Labute approximate surface area is 164 Å². The summed E-state index contributed by atoms with van der Waals surface area (Å²) in [5.41, 5.74) is -0.969. The first-order chi connectivity index (χ1) is 12.8. The number of furan rings is 1. The van der Waals surface area contributed by atoms with Gasteiger partial charge in [-0.3, -0.25) is 0 Å². The van der Waals surface area contributed by atoms with Gasteiger partial charge in [-0.15, -0.1) is 0 Å². The van der Waals surface area contributed by atoms with Crippen LogP contribution in [-0.2, 0) is 20.4 Å². The molecule has 1 rings (SSSR count). The maximum absolute atomic E-state index is 11.3. The highest BCUT2D eigenvalue weighted by Gasteiger charge is 2.39. The molecule has 27 heavy (non-hydrogen) atoms. The van der Waals surface area contributed by atoms with E-state index < -0.39 is 13.9 Å². The number of carbonyl (C=O) groups excluding carboxylic acids is 1. The number of hydrogen-bond donors (Lipinski definition) is 1. The minimum atomic E-state index is -1.87. The molecule has 1 aromatic heterocycles. The van der Waals surface area contributed by atoms with Crippen LogP contribution in [-0.4, -0.2) is 38.2 Å². The lowest BCUT2D eigenvalue weighted by atomic mass is 9.90. The molecule has 0 radical (unpaired) electrons. The zero-order chi connectivity index (χ0) is 20.3. The number of carbonyl (C=O) groups is 1. The zero-order valence-corrected chi connectivity index (χ0v) is 18.5. The van der Waals surface area contributed by atoms with Crippen LogP contribution in [0.5, 0.6) is 0 Å². The summed E-state index contributed by atoms with van der Waals surface area (Å²) in [6, 6.07) is 6.88. The third kappa shape index (κ3) is 7.64. The van der Waals surface area contributed by atoms with Crippen molar-refractivity contribution in [3.8, 4) is 0 Å². The first kappa shape index (κ1) is 23.7. The third-order valence-corrected chi connectivity index (χ3v) is 10.2. The molecule has 0 saturated heterocycles. The summed E-state index contributed by atoms with van der Waals surface area (Å²) in [5.74, 6) is 0.501. The van der Waals surface area contributed by atoms with Gasteiger partial charge in [-0.2, -0.15) is 0 Å². The van der Waals surface area contributed by atoms with Gasteiger partial charge in [0.05, 0.1) is 25.1 Å². The van der Waals surface area contributed by atoms with Gasteiger partial charge >= 0.3 is 5.97 Å². The first-order valence-electron chi connectivity index (χ1n) is 9.99. The summed E-state index contributed by atoms with van der Waals surface area (Å²) in [7, 11) is -0.511. The molecule has 0 aliphatic rings. The summed E-state index contributed by atoms with van der Waals surface area (Å²) in [4.78, 5) is 11.3. The predicted octanol–water partition coefficient (Wildman–Crippen LogP) is 4.86. The molecule has 1 heterocycles. The highest BCUT2D eigenvalue weighted by Crippen LogP contribution is 2.31. The monoisotopic (exact) mass is 396 g/mol. The Morgan fingerprint density at radius 3 is 2.52 bits per heavy atom. The first-order valence-corrected chi connectivity index (χ1v) is 12.5. The molecule has 0 fully saturated rings. The van der Waals surface area contributed by atoms with Crippen molar-refractivity contribution in [1.82, 2.24) is 0 Å². The highest BCUT2D eigenvalue weighted by molar-refractivity contribution is 6.73. The molecular weight excluding hydrogens is 360 g/mol. The van der Waals surface area contributed by atoms with Crippen LogP contribution < -0.4 is 0 Å². The van der Waals surface area contributed by atoms with Crippen LogP contribution in [0.25, 0.3) is 0 Å². The standard InChI is InChI=1S/C21H36O5Si/c1-6-27(7-2,8-3)26-19(13-9-10-14-20(22)24-5)21(4,23)16-15-18-12-11-17-25-18/h10-12,14,17,19,23H,6-9,13,15-16H2,1-5H3/b14-10+/t19-,21+/m1/s1. The Bertz CT molecular complexity index is 553. The van der Waals surface area contributed by atoms with Crippen LogP contribution in [0.4, 0.5) is 0 Å². The second-order valence-electron chi connectivity index (χ2n) is 7.29. The molecule has 0 saturated carbocycles. The number of aliphatic hydroxyl groups is 1. The second kappa shape index (κ2) is 11.5. The fourth-order valence-electron chi connectivity index (χ4n) is 3.29. The van der Waals surface area contributed by atoms with Crippen molar-refractivity contribution < 1.29 is 23.5 Å². The summed E-state index contributed by atoms with van der Waals surface area (Å²) in [6.07, 6.45) is 7.13. The van der Waals surface area contributed by atoms with Gasteiger partial charge < -0.3 is 18.7 Å². The SMILES string of the molecule is CC[Si](CC)(CC)O[C@H](CC/C=C/C(=O)OC)[C@@](C)(O)CCc1ccco1. The molecule has 0 unspecified atom stereocenters. The van der Waals surface area contributed by atoms with E-state index in [9.17, 15) is 9.90 Å². The Morgan fingerprint density at radius 2 is 2.00 bits per heavy atom. The van der Waals surface area contributed by atoms with E-state index in [1.165, 1.54) is 13.2 Å². The van der Waals surface area contributed by atoms with E-state index in [1.54, 1.807) is 12.3 Å². The van der Waals surface area contributed by atoms with Gasteiger partial charge in [-0.05, 0) is 56.5 Å². The molecular formula is C21H36O5Si. The van der Waals surface area contributed by atoms with E-state index in [0.29, 0.717) is 25.7 Å². The van der Waals surface area contributed by atoms with Gasteiger partial charge in [-0.25, -0.2) is 4.79 Å². The predicted molar refractivity (Wildman–Crippen MR) is 110 cm³/mol. The lowest BCUT2D eigenvalue weighted by Gasteiger charge is -2.40. The average Bonchev–Trinajstić information content (AvgIpc) is 3.20. The van der Waals surface area contributed by atoms with Crippen molar-refractivity contribution in [2.45, 2.75) is 83.2 Å². The lowest BCUT2D eigenvalue weighted by molar-refractivity contribution is -0.134. The normalized spacial score (nSPS) is 15.6. The number of esters is 1. The fourth-order valence-corrected chi connectivity index (χ4v) is 6.26. The van der Waals surface area contributed by atoms with E-state index in [0.717, 1.165) is 23.9 Å². The number of rotatable bonds is 13. The van der Waals surface area contributed by atoms with E-state index in [2.05, 4.69) is 25.5 Å². The van der Waals surface area contributed by atoms with Crippen LogP contribution in [0.1, 0.15) is 52.7 Å². The van der Waals surface area contributed by atoms with Crippen LogP contribution in [0, 0.1) is 0 Å². The topological polar surface area (TPSA) is 68.9 Å². The Balaban J connectivity index is 2.86. The molecule has 0 bridgehead atoms. The lowest BCUT2D eigenvalue weighted by Crippen LogP contribution is -2.49. The van der Waals surface area contributed by atoms with Gasteiger partial charge in [0.2, 0.25) is 0 Å². The van der Waals surface area contributed by atoms with Gasteiger partial charge in [-0.1, -0.05) is 26.8 Å². The molecule has 0 amide bonds. The Kier molecular flexibility index (Phi) is 10.0. The minimum absolute atomic E-state index is 0.277. The van der Waals surface area contributed by atoms with Crippen molar-refractivity contribution in [2.24, 2.45) is 0 Å². The Morgan fingerprint density at radius 1 is 1.33 bits per heavy atom. The number of aryl methyl sites for hydroxylation is 1. The molecule has 5 nitrogen and oxygen atoms in total. The summed E-state index contributed by atoms with van der Waals surface area (Å²) >= 11 is 0. The molecule has 0 aromatic carbocycles. The molecule has 6 heteroatoms. The van der Waals surface area contributed by atoms with Gasteiger partial charge in [0.15, 0.2) is 8.32 Å². The third-order valence-electron chi connectivity index (χ3n) is 5.53. The van der Waals surface area contributed by atoms with Crippen LogP contribution in [0.2, 0.25) is 18.1 Å². The van der Waals surface area contributed by atoms with E-state index in [1.807, 2.05) is 19.1 Å². The average molecular weight is 397 g/mol.